The van der Waals surface area contributed by atoms with Crippen LogP contribution in [-0.4, -0.2) is 29.3 Å². The third-order valence-electron chi connectivity index (χ3n) is 7.87. The zero-order valence-electron chi connectivity index (χ0n) is 21.2. The quantitative estimate of drug-likeness (QED) is 0.209. The van der Waals surface area contributed by atoms with Crippen molar-refractivity contribution in [3.63, 3.8) is 0 Å². The zero-order valence-corrected chi connectivity index (χ0v) is 22.8. The first-order valence-electron chi connectivity index (χ1n) is 12.8. The van der Waals surface area contributed by atoms with Crippen LogP contribution in [0.25, 0.3) is 0 Å². The van der Waals surface area contributed by atoms with Crippen LogP contribution in [-0.2, 0) is 31.7 Å². The van der Waals surface area contributed by atoms with Crippen molar-refractivity contribution in [2.24, 2.45) is 5.92 Å². The number of nitrogens with zero attached hydrogens (tertiary/aromatic N) is 2. The van der Waals surface area contributed by atoms with Gasteiger partial charge in [0.2, 0.25) is 5.91 Å². The van der Waals surface area contributed by atoms with E-state index in [-0.39, 0.29) is 24.0 Å². The summed E-state index contributed by atoms with van der Waals surface area (Å²) in [6, 6.07) is 29.4. The Bertz CT molecular complexity index is 1580. The van der Waals surface area contributed by atoms with Gasteiger partial charge < -0.3 is 9.64 Å². The number of rotatable bonds is 7. The number of halogens is 1. The average molecular weight is 581 g/mol. The van der Waals surface area contributed by atoms with Gasteiger partial charge in [0.1, 0.15) is 16.5 Å². The number of anilines is 1. The number of hydrogen-bond donors (Lipinski definition) is 0. The van der Waals surface area contributed by atoms with E-state index in [1.807, 2.05) is 66.7 Å². The summed E-state index contributed by atoms with van der Waals surface area (Å²) in [5.74, 6) is -2.28. The first-order chi connectivity index (χ1) is 19.0. The van der Waals surface area contributed by atoms with Crippen molar-refractivity contribution in [3.8, 4) is 0 Å². The number of benzene rings is 3. The molecular weight excluding hydrogens is 556 g/mol. The van der Waals surface area contributed by atoms with Gasteiger partial charge in [-0.25, -0.2) is 0 Å². The molecule has 1 spiro atoms. The molecule has 194 valence electrons. The third-order valence-corrected chi connectivity index (χ3v) is 8.40. The van der Waals surface area contributed by atoms with Gasteiger partial charge in [0.25, 0.3) is 0 Å². The summed E-state index contributed by atoms with van der Waals surface area (Å²) in [5, 5.41) is 0. The minimum absolute atomic E-state index is 0.112. The molecule has 0 bridgehead atoms. The van der Waals surface area contributed by atoms with Gasteiger partial charge in [-0.2, -0.15) is 0 Å². The monoisotopic (exact) mass is 580 g/mol. The van der Waals surface area contributed by atoms with Crippen molar-refractivity contribution >= 4 is 39.3 Å². The number of carbonyl (C=O) groups is 3. The van der Waals surface area contributed by atoms with Gasteiger partial charge in [0.15, 0.2) is 5.78 Å². The highest BCUT2D eigenvalue weighted by Gasteiger charge is 2.90. The molecule has 1 aromatic heterocycles. The lowest BCUT2D eigenvalue weighted by molar-refractivity contribution is -0.148. The molecule has 0 saturated heterocycles. The molecule has 1 unspecified atom stereocenters. The van der Waals surface area contributed by atoms with Crippen LogP contribution < -0.4 is 4.90 Å². The second-order valence-electron chi connectivity index (χ2n) is 9.75. The Balaban J connectivity index is 1.62. The highest BCUT2D eigenvalue weighted by atomic mass is 79.9. The Kier molecular flexibility index (Phi) is 6.19. The average Bonchev–Trinajstić information content (AvgIpc) is 3.55. The number of ether oxygens (including phenoxy) is 1. The summed E-state index contributed by atoms with van der Waals surface area (Å²) in [5.41, 5.74) is 0.00496. The van der Waals surface area contributed by atoms with E-state index < -0.39 is 22.7 Å². The number of aromatic nitrogens is 1. The second-order valence-corrected chi connectivity index (χ2v) is 10.7. The number of fused-ring (bicyclic) bond motifs is 2. The zero-order chi connectivity index (χ0) is 27.2. The number of esters is 1. The fraction of sp³-hybridized carbons (Fsp3) is 0.188. The number of amides is 1. The molecule has 0 radical (unpaired) electrons. The molecule has 0 N–H and O–H groups in total. The molecule has 1 saturated carbocycles. The SMILES string of the molecule is CCOC(=O)[C@]1(c2ccc(Br)cc2)[C@@H](C(=O)c2ccccn2)C12C(=O)N(Cc1ccccc1)c1ccccc12. The fourth-order valence-corrected chi connectivity index (χ4v) is 6.60. The number of hydrogen-bond acceptors (Lipinski definition) is 5. The first kappa shape index (κ1) is 25.2. The lowest BCUT2D eigenvalue weighted by Crippen LogP contribution is -2.40. The summed E-state index contributed by atoms with van der Waals surface area (Å²) in [6.07, 6.45) is 1.54. The van der Waals surface area contributed by atoms with Crippen molar-refractivity contribution in [2.45, 2.75) is 24.3 Å². The number of Topliss-reactive ketones (excluding diaryl/α,β-unsaturated/α-hetero) is 1. The molecule has 6 rings (SSSR count). The number of carbonyl (C=O) groups excluding carboxylic acids is 3. The largest absolute Gasteiger partial charge is 0.465 e. The standard InChI is InChI=1S/C32H25BrN2O4/c1-2-39-30(38)31(22-15-17-23(33)18-16-22)28(27(36)25-13-8-9-19-34-25)32(31)24-12-6-7-14-26(24)35(29(32)37)20-21-10-4-3-5-11-21/h3-19,28H,2,20H2,1H3/t28-,31+,32?/m1/s1. The second kappa shape index (κ2) is 9.58. The van der Waals surface area contributed by atoms with Crippen LogP contribution in [0.5, 0.6) is 0 Å². The molecule has 1 aliphatic carbocycles. The molecular formula is C32H25BrN2O4. The Labute approximate surface area is 234 Å². The molecule has 1 aliphatic heterocycles. The maximum absolute atomic E-state index is 14.8. The molecule has 3 aromatic carbocycles. The van der Waals surface area contributed by atoms with Crippen molar-refractivity contribution in [3.05, 3.63) is 130 Å². The molecule has 2 aliphatic rings. The smallest absolute Gasteiger partial charge is 0.318 e. The van der Waals surface area contributed by atoms with Gasteiger partial charge in [-0.1, -0.05) is 82.7 Å². The van der Waals surface area contributed by atoms with Crippen LogP contribution in [0.4, 0.5) is 5.69 Å². The number of pyridine rings is 1. The molecule has 3 atom stereocenters. The van der Waals surface area contributed by atoms with Crippen molar-refractivity contribution in [1.29, 1.82) is 0 Å². The van der Waals surface area contributed by atoms with Crippen LogP contribution in [0.1, 0.15) is 34.1 Å². The molecule has 7 heteroatoms. The molecule has 4 aromatic rings. The van der Waals surface area contributed by atoms with Crippen molar-refractivity contribution in [2.75, 3.05) is 11.5 Å². The van der Waals surface area contributed by atoms with E-state index in [9.17, 15) is 14.4 Å². The number of ketones is 1. The lowest BCUT2D eigenvalue weighted by atomic mass is 9.82. The van der Waals surface area contributed by atoms with E-state index >= 15 is 0 Å². The fourth-order valence-electron chi connectivity index (χ4n) is 6.34. The van der Waals surface area contributed by atoms with Crippen LogP contribution in [0, 0.1) is 5.92 Å². The highest BCUT2D eigenvalue weighted by Crippen LogP contribution is 2.75. The summed E-state index contributed by atoms with van der Waals surface area (Å²) in [6.45, 7) is 2.15. The van der Waals surface area contributed by atoms with E-state index in [0.717, 1.165) is 10.0 Å². The Morgan fingerprint density at radius 2 is 1.62 bits per heavy atom. The number of para-hydroxylation sites is 1. The van der Waals surface area contributed by atoms with Crippen LogP contribution in [0.2, 0.25) is 0 Å². The molecule has 2 heterocycles. The summed E-state index contributed by atoms with van der Waals surface area (Å²) in [7, 11) is 0. The van der Waals surface area contributed by atoms with Gasteiger partial charge in [-0.3, -0.25) is 19.4 Å². The Morgan fingerprint density at radius 1 is 0.923 bits per heavy atom. The molecule has 39 heavy (non-hydrogen) atoms. The van der Waals surface area contributed by atoms with E-state index in [1.165, 1.54) is 0 Å². The highest BCUT2D eigenvalue weighted by molar-refractivity contribution is 9.10. The molecule has 1 fully saturated rings. The lowest BCUT2D eigenvalue weighted by Gasteiger charge is -2.22. The van der Waals surface area contributed by atoms with E-state index in [1.54, 1.807) is 48.4 Å². The Hall–Kier alpha value is -4.10. The summed E-state index contributed by atoms with van der Waals surface area (Å²) >= 11 is 3.47. The minimum atomic E-state index is -1.56. The van der Waals surface area contributed by atoms with Gasteiger partial charge in [-0.15, -0.1) is 0 Å². The van der Waals surface area contributed by atoms with Crippen molar-refractivity contribution < 1.29 is 19.1 Å². The van der Waals surface area contributed by atoms with E-state index in [0.29, 0.717) is 23.4 Å². The summed E-state index contributed by atoms with van der Waals surface area (Å²) < 4.78 is 6.50. The van der Waals surface area contributed by atoms with E-state index in [2.05, 4.69) is 20.9 Å². The van der Waals surface area contributed by atoms with Crippen LogP contribution in [0.15, 0.2) is 108 Å². The van der Waals surface area contributed by atoms with E-state index in [4.69, 9.17) is 4.74 Å². The maximum Gasteiger partial charge on any atom is 0.318 e. The normalized spacial score (nSPS) is 23.0. The summed E-state index contributed by atoms with van der Waals surface area (Å²) in [4.78, 5) is 49.3. The van der Waals surface area contributed by atoms with Gasteiger partial charge in [-0.05, 0) is 53.9 Å². The van der Waals surface area contributed by atoms with Crippen LogP contribution in [0.3, 0.4) is 0 Å². The van der Waals surface area contributed by atoms with Gasteiger partial charge >= 0.3 is 5.97 Å². The van der Waals surface area contributed by atoms with Gasteiger partial charge in [0.05, 0.1) is 19.1 Å². The Morgan fingerprint density at radius 3 is 2.31 bits per heavy atom. The predicted octanol–water partition coefficient (Wildman–Crippen LogP) is 5.64. The minimum Gasteiger partial charge on any atom is -0.465 e. The molecule has 1 amide bonds. The van der Waals surface area contributed by atoms with Crippen molar-refractivity contribution in [1.82, 2.24) is 4.98 Å². The predicted molar refractivity (Wildman–Crippen MR) is 150 cm³/mol. The van der Waals surface area contributed by atoms with Gasteiger partial charge in [0, 0.05) is 16.4 Å². The van der Waals surface area contributed by atoms with Crippen LogP contribution >= 0.6 is 15.9 Å². The topological polar surface area (TPSA) is 76.6 Å². The first-order valence-corrected chi connectivity index (χ1v) is 13.6. The maximum atomic E-state index is 14.8. The third kappa shape index (κ3) is 3.53. The molecule has 6 nitrogen and oxygen atoms in total.